The van der Waals surface area contributed by atoms with E-state index >= 15 is 0 Å². The number of carbonyl (C=O) groups is 1. The van der Waals surface area contributed by atoms with E-state index in [0.717, 1.165) is 57.1 Å². The first-order valence-electron chi connectivity index (χ1n) is 9.51. The van der Waals surface area contributed by atoms with E-state index in [1.165, 1.54) is 0 Å². The van der Waals surface area contributed by atoms with E-state index in [-0.39, 0.29) is 18.1 Å². The van der Waals surface area contributed by atoms with Gasteiger partial charge in [0, 0.05) is 49.5 Å². The molecule has 1 aromatic heterocycles. The number of aliphatic hydroxyl groups excluding tert-OH is 1. The van der Waals surface area contributed by atoms with Crippen LogP contribution in [0.4, 0.5) is 0 Å². The summed E-state index contributed by atoms with van der Waals surface area (Å²) in [5.41, 5.74) is 0. The van der Waals surface area contributed by atoms with Crippen molar-refractivity contribution in [3.63, 3.8) is 0 Å². The van der Waals surface area contributed by atoms with Gasteiger partial charge in [-0.15, -0.1) is 11.8 Å². The van der Waals surface area contributed by atoms with Crippen LogP contribution in [0, 0.1) is 11.8 Å². The third kappa shape index (κ3) is 4.06. The summed E-state index contributed by atoms with van der Waals surface area (Å²) < 4.78 is 5.44. The molecule has 26 heavy (non-hydrogen) atoms. The number of pyridine rings is 1. The predicted molar refractivity (Wildman–Crippen MR) is 99.9 cm³/mol. The minimum absolute atomic E-state index is 0.207. The van der Waals surface area contributed by atoms with E-state index < -0.39 is 0 Å². The van der Waals surface area contributed by atoms with E-state index in [1.54, 1.807) is 24.2 Å². The van der Waals surface area contributed by atoms with Crippen LogP contribution in [0.3, 0.4) is 0 Å². The van der Waals surface area contributed by atoms with Crippen LogP contribution < -0.4 is 0 Å². The Morgan fingerprint density at radius 1 is 1.19 bits per heavy atom. The first-order valence-corrected chi connectivity index (χ1v) is 10.5. The highest BCUT2D eigenvalue weighted by Gasteiger charge is 2.44. The number of aliphatic hydroxyl groups is 1. The minimum Gasteiger partial charge on any atom is -0.391 e. The maximum atomic E-state index is 12.6. The van der Waals surface area contributed by atoms with Gasteiger partial charge >= 0.3 is 0 Å². The Bertz CT molecular complexity index is 611. The molecule has 2 aliphatic heterocycles. The van der Waals surface area contributed by atoms with E-state index in [0.29, 0.717) is 17.6 Å². The normalized spacial score (nSPS) is 32.4. The van der Waals surface area contributed by atoms with Crippen LogP contribution >= 0.6 is 11.8 Å². The molecule has 1 saturated carbocycles. The van der Waals surface area contributed by atoms with Gasteiger partial charge in [-0.2, -0.15) is 0 Å². The van der Waals surface area contributed by atoms with Gasteiger partial charge in [0.1, 0.15) is 0 Å². The molecule has 7 heteroatoms. The molecule has 1 amide bonds. The van der Waals surface area contributed by atoms with E-state index in [9.17, 15) is 9.90 Å². The smallest absolute Gasteiger partial charge is 0.232 e. The third-order valence-electron chi connectivity index (χ3n) is 5.99. The molecular weight excluding hydrogens is 350 g/mol. The summed E-state index contributed by atoms with van der Waals surface area (Å²) in [5, 5.41) is 10.6. The summed E-state index contributed by atoms with van der Waals surface area (Å²) >= 11 is 1.57. The highest BCUT2D eigenvalue weighted by molar-refractivity contribution is 8.00. The largest absolute Gasteiger partial charge is 0.391 e. The Morgan fingerprint density at radius 2 is 1.88 bits per heavy atom. The molecule has 1 aliphatic carbocycles. The van der Waals surface area contributed by atoms with Gasteiger partial charge in [0.05, 0.1) is 25.1 Å². The number of carbonyl (C=O) groups excluding carboxylic acids is 1. The molecule has 0 aromatic carbocycles. The Balaban J connectivity index is 1.31. The van der Waals surface area contributed by atoms with Crippen molar-refractivity contribution in [1.82, 2.24) is 14.8 Å². The molecule has 4 atom stereocenters. The molecule has 3 aliphatic rings. The standard InChI is InChI=1S/C19H27N3O3S/c23-18-10-15-12-22(19(24)13-26-16-1-3-20-4-2-16)11-14(15)9-17(18)21-5-7-25-8-6-21/h1-4,14-15,17-18,23H,5-13H2/t14-,15+,17-,18-/m1/s1. The van der Waals surface area contributed by atoms with Crippen molar-refractivity contribution in [2.75, 3.05) is 45.1 Å². The molecular formula is C19H27N3O3S. The summed E-state index contributed by atoms with van der Waals surface area (Å²) in [6, 6.07) is 4.09. The van der Waals surface area contributed by atoms with Crippen molar-refractivity contribution in [3.8, 4) is 0 Å². The van der Waals surface area contributed by atoms with Crippen LogP contribution in [0.2, 0.25) is 0 Å². The number of thioether (sulfide) groups is 1. The Hall–Kier alpha value is -1.15. The fourth-order valence-corrected chi connectivity index (χ4v) is 5.37. The van der Waals surface area contributed by atoms with Gasteiger partial charge in [0.2, 0.25) is 5.91 Å². The Labute approximate surface area is 158 Å². The predicted octanol–water partition coefficient (Wildman–Crippen LogP) is 1.10. The zero-order valence-electron chi connectivity index (χ0n) is 15.0. The maximum absolute atomic E-state index is 12.6. The van der Waals surface area contributed by atoms with Crippen molar-refractivity contribution >= 4 is 17.7 Å². The van der Waals surface area contributed by atoms with Crippen LogP contribution in [-0.2, 0) is 9.53 Å². The number of hydrogen-bond donors (Lipinski definition) is 1. The highest BCUT2D eigenvalue weighted by atomic mass is 32.2. The number of rotatable bonds is 4. The molecule has 0 bridgehead atoms. The molecule has 4 rings (SSSR count). The fraction of sp³-hybridized carbons (Fsp3) is 0.684. The monoisotopic (exact) mass is 377 g/mol. The molecule has 2 saturated heterocycles. The maximum Gasteiger partial charge on any atom is 0.232 e. The summed E-state index contributed by atoms with van der Waals surface area (Å²) in [5.74, 6) is 1.63. The summed E-state index contributed by atoms with van der Waals surface area (Å²) in [7, 11) is 0. The lowest BCUT2D eigenvalue weighted by Gasteiger charge is -2.43. The summed E-state index contributed by atoms with van der Waals surface area (Å²) in [6.07, 6.45) is 5.03. The van der Waals surface area contributed by atoms with Gasteiger partial charge in [0.25, 0.3) is 0 Å². The second kappa shape index (κ2) is 8.25. The van der Waals surface area contributed by atoms with Crippen molar-refractivity contribution in [1.29, 1.82) is 0 Å². The average Bonchev–Trinajstić information content (AvgIpc) is 3.10. The van der Waals surface area contributed by atoms with Gasteiger partial charge < -0.3 is 14.7 Å². The quantitative estimate of drug-likeness (QED) is 0.793. The molecule has 3 fully saturated rings. The zero-order valence-corrected chi connectivity index (χ0v) is 15.8. The highest BCUT2D eigenvalue weighted by Crippen LogP contribution is 2.38. The molecule has 0 spiro atoms. The molecule has 1 aromatic rings. The molecule has 0 unspecified atom stereocenters. The Kier molecular flexibility index (Phi) is 5.78. The number of amides is 1. The number of aromatic nitrogens is 1. The van der Waals surface area contributed by atoms with Gasteiger partial charge in [-0.05, 0) is 36.8 Å². The van der Waals surface area contributed by atoms with E-state index in [4.69, 9.17) is 4.74 Å². The van der Waals surface area contributed by atoms with Crippen LogP contribution in [0.1, 0.15) is 12.8 Å². The molecule has 3 heterocycles. The lowest BCUT2D eigenvalue weighted by molar-refractivity contribution is -0.127. The topological polar surface area (TPSA) is 65.9 Å². The summed E-state index contributed by atoms with van der Waals surface area (Å²) in [4.78, 5) is 22.1. The molecule has 6 nitrogen and oxygen atoms in total. The van der Waals surface area contributed by atoms with Crippen LogP contribution in [-0.4, -0.2) is 83.1 Å². The summed E-state index contributed by atoms with van der Waals surface area (Å²) in [6.45, 7) is 4.97. The van der Waals surface area contributed by atoms with Crippen molar-refractivity contribution in [2.45, 2.75) is 29.9 Å². The van der Waals surface area contributed by atoms with Crippen LogP contribution in [0.5, 0.6) is 0 Å². The van der Waals surface area contributed by atoms with Gasteiger partial charge in [0.15, 0.2) is 0 Å². The number of fused-ring (bicyclic) bond motifs is 1. The first-order chi connectivity index (χ1) is 12.7. The second-order valence-corrected chi connectivity index (χ2v) is 8.59. The number of morpholine rings is 1. The zero-order chi connectivity index (χ0) is 17.9. The van der Waals surface area contributed by atoms with Crippen molar-refractivity contribution in [3.05, 3.63) is 24.5 Å². The second-order valence-electron chi connectivity index (χ2n) is 7.54. The number of nitrogens with zero attached hydrogens (tertiary/aromatic N) is 3. The SMILES string of the molecule is O=C(CSc1ccncc1)N1C[C@H]2C[C@@H](N3CCOCC3)[C@H](O)C[C@H]2C1. The number of hydrogen-bond acceptors (Lipinski definition) is 6. The Morgan fingerprint density at radius 3 is 2.62 bits per heavy atom. The van der Waals surface area contributed by atoms with Crippen molar-refractivity contribution < 1.29 is 14.6 Å². The fourth-order valence-electron chi connectivity index (χ4n) is 4.58. The molecule has 142 valence electrons. The molecule has 0 radical (unpaired) electrons. The van der Waals surface area contributed by atoms with E-state index in [2.05, 4.69) is 9.88 Å². The van der Waals surface area contributed by atoms with Gasteiger partial charge in [-0.1, -0.05) is 0 Å². The van der Waals surface area contributed by atoms with Crippen molar-refractivity contribution in [2.24, 2.45) is 11.8 Å². The van der Waals surface area contributed by atoms with Gasteiger partial charge in [-0.25, -0.2) is 0 Å². The minimum atomic E-state index is -0.282. The van der Waals surface area contributed by atoms with Gasteiger partial charge in [-0.3, -0.25) is 14.7 Å². The third-order valence-corrected chi connectivity index (χ3v) is 6.99. The van der Waals surface area contributed by atoms with E-state index in [1.807, 2.05) is 17.0 Å². The number of ether oxygens (including phenoxy) is 1. The average molecular weight is 378 g/mol. The number of likely N-dealkylation sites (tertiary alicyclic amines) is 1. The van der Waals surface area contributed by atoms with Crippen LogP contribution in [0.25, 0.3) is 0 Å². The lowest BCUT2D eigenvalue weighted by atomic mass is 9.77. The van der Waals surface area contributed by atoms with Crippen LogP contribution in [0.15, 0.2) is 29.4 Å². The first kappa shape index (κ1) is 18.2. The molecule has 1 N–H and O–H groups in total. The lowest BCUT2D eigenvalue weighted by Crippen LogP contribution is -2.53.